The van der Waals surface area contributed by atoms with E-state index in [1.54, 1.807) is 6.20 Å². The Morgan fingerprint density at radius 1 is 1.58 bits per heavy atom. The second kappa shape index (κ2) is 2.54. The van der Waals surface area contributed by atoms with E-state index in [4.69, 9.17) is 5.26 Å². The van der Waals surface area contributed by atoms with Crippen LogP contribution in [0.1, 0.15) is 10.4 Å². The molecule has 0 spiro atoms. The maximum absolute atomic E-state index is 8.73. The molecule has 0 unspecified atom stereocenters. The van der Waals surface area contributed by atoms with Gasteiger partial charge in [-0.3, -0.25) is 0 Å². The van der Waals surface area contributed by atoms with E-state index in [2.05, 4.69) is 16.0 Å². The van der Waals surface area contributed by atoms with Gasteiger partial charge in [-0.1, -0.05) is 0 Å². The zero-order chi connectivity index (χ0) is 8.55. The quantitative estimate of drug-likeness (QED) is 0.614. The smallest absolute Gasteiger partial charge is 0.116 e. The van der Waals surface area contributed by atoms with Gasteiger partial charge >= 0.3 is 0 Å². The number of nitriles is 1. The maximum atomic E-state index is 8.73. The average Bonchev–Trinajstić information content (AvgIpc) is 2.44. The lowest BCUT2D eigenvalue weighted by atomic mass is 10.2. The summed E-state index contributed by atoms with van der Waals surface area (Å²) in [6.07, 6.45) is 3.24. The summed E-state index contributed by atoms with van der Waals surface area (Å²) in [4.78, 5) is 8.72. The molecule has 0 fully saturated rings. The van der Waals surface area contributed by atoms with Gasteiger partial charge in [-0.2, -0.15) is 5.26 Å². The van der Waals surface area contributed by atoms with E-state index in [1.807, 2.05) is 6.92 Å². The number of hydrogen-bond acceptors (Lipinski definition) is 4. The molecule has 2 rings (SSSR count). The van der Waals surface area contributed by atoms with Gasteiger partial charge in [-0.15, -0.1) is 11.3 Å². The van der Waals surface area contributed by atoms with Crippen molar-refractivity contribution in [3.63, 3.8) is 0 Å². The SMILES string of the molecule is Cc1c(C#N)sc2cncnc12. The minimum Gasteiger partial charge on any atom is -0.243 e. The van der Waals surface area contributed by atoms with Crippen molar-refractivity contribution in [3.05, 3.63) is 23.0 Å². The minimum atomic E-state index is 0.727. The standard InChI is InChI=1S/C8H5N3S/c1-5-6(2-9)12-7-3-10-4-11-8(5)7/h3-4H,1H3. The van der Waals surface area contributed by atoms with Gasteiger partial charge < -0.3 is 0 Å². The second-order valence-corrected chi connectivity index (χ2v) is 3.46. The summed E-state index contributed by atoms with van der Waals surface area (Å²) in [6, 6.07) is 2.14. The molecule has 4 heteroatoms. The van der Waals surface area contributed by atoms with E-state index in [0.29, 0.717) is 0 Å². The Morgan fingerprint density at radius 3 is 3.08 bits per heavy atom. The lowest BCUT2D eigenvalue weighted by Gasteiger charge is -1.86. The van der Waals surface area contributed by atoms with Crippen LogP contribution >= 0.6 is 11.3 Å². The topological polar surface area (TPSA) is 49.6 Å². The lowest BCUT2D eigenvalue weighted by molar-refractivity contribution is 1.22. The average molecular weight is 175 g/mol. The third-order valence-electron chi connectivity index (χ3n) is 1.69. The molecule has 0 aromatic carbocycles. The monoisotopic (exact) mass is 175 g/mol. The highest BCUT2D eigenvalue weighted by molar-refractivity contribution is 7.19. The predicted octanol–water partition coefficient (Wildman–Crippen LogP) is 1.87. The van der Waals surface area contributed by atoms with Crippen molar-refractivity contribution in [2.24, 2.45) is 0 Å². The van der Waals surface area contributed by atoms with E-state index >= 15 is 0 Å². The molecule has 3 nitrogen and oxygen atoms in total. The highest BCUT2D eigenvalue weighted by atomic mass is 32.1. The summed E-state index contributed by atoms with van der Waals surface area (Å²) in [7, 11) is 0. The fourth-order valence-electron chi connectivity index (χ4n) is 1.07. The van der Waals surface area contributed by atoms with Crippen molar-refractivity contribution in [1.29, 1.82) is 5.26 Å². The van der Waals surface area contributed by atoms with E-state index in [-0.39, 0.29) is 0 Å². The first kappa shape index (κ1) is 7.19. The zero-order valence-electron chi connectivity index (χ0n) is 6.40. The van der Waals surface area contributed by atoms with Crippen LogP contribution in [-0.4, -0.2) is 9.97 Å². The van der Waals surface area contributed by atoms with Gasteiger partial charge in [-0.25, -0.2) is 9.97 Å². The zero-order valence-corrected chi connectivity index (χ0v) is 7.22. The molecular formula is C8H5N3S. The molecular weight excluding hydrogens is 170 g/mol. The van der Waals surface area contributed by atoms with Crippen LogP contribution in [0.5, 0.6) is 0 Å². The highest BCUT2D eigenvalue weighted by Gasteiger charge is 2.07. The Kier molecular flexibility index (Phi) is 1.52. The van der Waals surface area contributed by atoms with Crippen molar-refractivity contribution in [2.45, 2.75) is 6.92 Å². The Morgan fingerprint density at radius 2 is 2.42 bits per heavy atom. The second-order valence-electron chi connectivity index (χ2n) is 2.40. The van der Waals surface area contributed by atoms with Crippen LogP contribution in [0.4, 0.5) is 0 Å². The van der Waals surface area contributed by atoms with Gasteiger partial charge in [0, 0.05) is 11.8 Å². The summed E-state index contributed by atoms with van der Waals surface area (Å²) in [6.45, 7) is 1.91. The van der Waals surface area contributed by atoms with Crippen molar-refractivity contribution in [2.75, 3.05) is 0 Å². The molecule has 0 radical (unpaired) electrons. The van der Waals surface area contributed by atoms with Crippen molar-refractivity contribution < 1.29 is 0 Å². The van der Waals surface area contributed by atoms with Crippen molar-refractivity contribution in [1.82, 2.24) is 9.97 Å². The van der Waals surface area contributed by atoms with Crippen molar-refractivity contribution >= 4 is 21.6 Å². The number of aryl methyl sites for hydroxylation is 1. The number of hydrogen-bond donors (Lipinski definition) is 0. The Hall–Kier alpha value is -1.47. The van der Waals surface area contributed by atoms with Gasteiger partial charge in [0.2, 0.25) is 0 Å². The van der Waals surface area contributed by atoms with E-state index in [0.717, 1.165) is 20.7 Å². The van der Waals surface area contributed by atoms with Gasteiger partial charge in [0.05, 0.1) is 10.2 Å². The molecule has 2 aromatic heterocycles. The van der Waals surface area contributed by atoms with Gasteiger partial charge in [0.1, 0.15) is 17.3 Å². The summed E-state index contributed by atoms with van der Waals surface area (Å²) < 4.78 is 0.978. The summed E-state index contributed by atoms with van der Waals surface area (Å²) in [5, 5.41) is 8.73. The number of aromatic nitrogens is 2. The molecule has 0 N–H and O–H groups in total. The van der Waals surface area contributed by atoms with E-state index in [1.165, 1.54) is 17.7 Å². The Labute approximate surface area is 73.3 Å². The number of rotatable bonds is 0. The van der Waals surface area contributed by atoms with Crippen LogP contribution in [0, 0.1) is 18.3 Å². The minimum absolute atomic E-state index is 0.727. The molecule has 0 saturated heterocycles. The largest absolute Gasteiger partial charge is 0.243 e. The summed E-state index contributed by atoms with van der Waals surface area (Å²) >= 11 is 1.44. The molecule has 58 valence electrons. The van der Waals surface area contributed by atoms with Crippen molar-refractivity contribution in [3.8, 4) is 6.07 Å². The first-order valence-corrected chi connectivity index (χ1v) is 4.24. The normalized spacial score (nSPS) is 10.0. The molecule has 0 bridgehead atoms. The third kappa shape index (κ3) is 0.874. The van der Waals surface area contributed by atoms with Gasteiger partial charge in [0.25, 0.3) is 0 Å². The predicted molar refractivity (Wildman–Crippen MR) is 46.9 cm³/mol. The van der Waals surface area contributed by atoms with Crippen LogP contribution in [-0.2, 0) is 0 Å². The molecule has 0 atom stereocenters. The molecule has 2 heterocycles. The lowest BCUT2D eigenvalue weighted by Crippen LogP contribution is -1.77. The Bertz CT molecular complexity index is 467. The summed E-state index contributed by atoms with van der Waals surface area (Å²) in [5.41, 5.74) is 1.85. The maximum Gasteiger partial charge on any atom is 0.116 e. The highest BCUT2D eigenvalue weighted by Crippen LogP contribution is 2.27. The Balaban J connectivity index is 2.90. The van der Waals surface area contributed by atoms with E-state index < -0.39 is 0 Å². The van der Waals surface area contributed by atoms with Crippen LogP contribution in [0.25, 0.3) is 10.2 Å². The third-order valence-corrected chi connectivity index (χ3v) is 2.81. The van der Waals surface area contributed by atoms with Gasteiger partial charge in [0.15, 0.2) is 0 Å². The summed E-state index contributed by atoms with van der Waals surface area (Å²) in [5.74, 6) is 0. The molecule has 0 aliphatic carbocycles. The number of thiophene rings is 1. The molecule has 2 aromatic rings. The fourth-order valence-corrected chi connectivity index (χ4v) is 2.01. The molecule has 0 amide bonds. The fraction of sp³-hybridized carbons (Fsp3) is 0.125. The molecule has 12 heavy (non-hydrogen) atoms. The van der Waals surface area contributed by atoms with Crippen LogP contribution < -0.4 is 0 Å². The van der Waals surface area contributed by atoms with Crippen LogP contribution in [0.2, 0.25) is 0 Å². The van der Waals surface area contributed by atoms with Crippen LogP contribution in [0.3, 0.4) is 0 Å². The molecule has 0 aliphatic rings. The van der Waals surface area contributed by atoms with Crippen LogP contribution in [0.15, 0.2) is 12.5 Å². The number of nitrogens with zero attached hydrogens (tertiary/aromatic N) is 3. The molecule has 0 aliphatic heterocycles. The first-order chi connectivity index (χ1) is 5.83. The molecule has 0 saturated carbocycles. The van der Waals surface area contributed by atoms with E-state index in [9.17, 15) is 0 Å². The first-order valence-electron chi connectivity index (χ1n) is 3.42. The number of fused-ring (bicyclic) bond motifs is 1. The van der Waals surface area contributed by atoms with Gasteiger partial charge in [-0.05, 0) is 6.92 Å².